The van der Waals surface area contributed by atoms with E-state index in [1.807, 2.05) is 12.1 Å². The Bertz CT molecular complexity index is 728. The first kappa shape index (κ1) is 22.6. The summed E-state index contributed by atoms with van der Waals surface area (Å²) >= 11 is 0. The number of rotatable bonds is 6. The van der Waals surface area contributed by atoms with Gasteiger partial charge in [-0.15, -0.1) is 24.0 Å². The van der Waals surface area contributed by atoms with Gasteiger partial charge < -0.3 is 10.6 Å². The summed E-state index contributed by atoms with van der Waals surface area (Å²) in [6.07, 6.45) is 3.24. The molecule has 0 radical (unpaired) electrons. The molecule has 8 heteroatoms. The van der Waals surface area contributed by atoms with E-state index in [0.29, 0.717) is 24.5 Å². The Morgan fingerprint density at radius 3 is 2.57 bits per heavy atom. The highest BCUT2D eigenvalue weighted by Gasteiger charge is 2.31. The van der Waals surface area contributed by atoms with Gasteiger partial charge in [-0.25, -0.2) is 14.7 Å². The van der Waals surface area contributed by atoms with Crippen molar-refractivity contribution in [1.82, 2.24) is 30.3 Å². The molecule has 1 fully saturated rings. The first-order valence-electron chi connectivity index (χ1n) is 9.79. The zero-order valence-electron chi connectivity index (χ0n) is 17.2. The van der Waals surface area contributed by atoms with Gasteiger partial charge in [0, 0.05) is 31.7 Å². The van der Waals surface area contributed by atoms with E-state index in [9.17, 15) is 0 Å². The van der Waals surface area contributed by atoms with Gasteiger partial charge in [-0.1, -0.05) is 19.1 Å². The van der Waals surface area contributed by atoms with E-state index in [-0.39, 0.29) is 24.0 Å². The van der Waals surface area contributed by atoms with Crippen molar-refractivity contribution in [2.75, 3.05) is 19.6 Å². The highest BCUT2D eigenvalue weighted by Crippen LogP contribution is 2.18. The minimum Gasteiger partial charge on any atom is -0.357 e. The second-order valence-electron chi connectivity index (χ2n) is 7.48. The molecule has 2 unspecified atom stereocenters. The van der Waals surface area contributed by atoms with Gasteiger partial charge in [0.2, 0.25) is 0 Å². The molecule has 154 valence electrons. The van der Waals surface area contributed by atoms with Crippen molar-refractivity contribution < 1.29 is 0 Å². The van der Waals surface area contributed by atoms with Crippen molar-refractivity contribution >= 4 is 29.9 Å². The third kappa shape index (κ3) is 5.91. The predicted octanol–water partition coefficient (Wildman–Crippen LogP) is 2.67. The molecule has 3 rings (SSSR count). The number of hydrogen-bond donors (Lipinski definition) is 2. The van der Waals surface area contributed by atoms with Crippen molar-refractivity contribution in [3.05, 3.63) is 42.5 Å². The lowest BCUT2D eigenvalue weighted by molar-refractivity contribution is 0.265. The molecule has 0 saturated carbocycles. The summed E-state index contributed by atoms with van der Waals surface area (Å²) in [4.78, 5) is 11.3. The average molecular weight is 497 g/mol. The highest BCUT2D eigenvalue weighted by atomic mass is 127. The molecular weight excluding hydrogens is 465 g/mol. The first-order valence-corrected chi connectivity index (χ1v) is 9.79. The normalized spacial score (nSPS) is 20.2. The lowest BCUT2D eigenvalue weighted by Crippen LogP contribution is -2.46. The topological polar surface area (TPSA) is 70.4 Å². The Morgan fingerprint density at radius 2 is 2.00 bits per heavy atom. The molecule has 1 aliphatic rings. The molecule has 2 heterocycles. The molecule has 1 aliphatic heterocycles. The quantitative estimate of drug-likeness (QED) is 0.365. The van der Waals surface area contributed by atoms with Gasteiger partial charge in [0.1, 0.15) is 12.7 Å². The van der Waals surface area contributed by atoms with Crippen molar-refractivity contribution in [2.24, 2.45) is 10.9 Å². The summed E-state index contributed by atoms with van der Waals surface area (Å²) < 4.78 is 1.75. The Labute approximate surface area is 185 Å². The van der Waals surface area contributed by atoms with Gasteiger partial charge in [0.05, 0.1) is 12.2 Å². The van der Waals surface area contributed by atoms with Gasteiger partial charge in [-0.2, -0.15) is 5.10 Å². The molecule has 28 heavy (non-hydrogen) atoms. The molecule has 1 saturated heterocycles. The van der Waals surface area contributed by atoms with Crippen LogP contribution < -0.4 is 10.6 Å². The molecular formula is C20H32IN7. The smallest absolute Gasteiger partial charge is 0.191 e. The summed E-state index contributed by atoms with van der Waals surface area (Å²) in [6, 6.07) is 9.27. The Balaban J connectivity index is 0.00000280. The van der Waals surface area contributed by atoms with Crippen LogP contribution in [0.15, 0.2) is 41.9 Å². The minimum atomic E-state index is 0. The lowest BCUT2D eigenvalue weighted by atomic mass is 10.1. The molecule has 2 aromatic rings. The van der Waals surface area contributed by atoms with Crippen LogP contribution in [-0.4, -0.2) is 57.3 Å². The maximum Gasteiger partial charge on any atom is 0.191 e. The molecule has 2 N–H and O–H groups in total. The number of nitrogens with one attached hydrogen (secondary N) is 2. The molecule has 0 aliphatic carbocycles. The molecule has 0 bridgehead atoms. The SMILES string of the molecule is CCNC(=NCc1ccc(-n2cncn2)cc1)NC1CN(C(C)C)CC1C.I. The number of likely N-dealkylation sites (tertiary alicyclic amines) is 1. The maximum absolute atomic E-state index is 4.79. The third-order valence-electron chi connectivity index (χ3n) is 5.08. The molecule has 1 aromatic heterocycles. The third-order valence-corrected chi connectivity index (χ3v) is 5.08. The van der Waals surface area contributed by atoms with Crippen LogP contribution in [0.25, 0.3) is 5.69 Å². The number of benzene rings is 1. The van der Waals surface area contributed by atoms with Gasteiger partial charge in [0.25, 0.3) is 0 Å². The summed E-state index contributed by atoms with van der Waals surface area (Å²) in [5.74, 6) is 1.50. The van der Waals surface area contributed by atoms with E-state index in [0.717, 1.165) is 31.3 Å². The monoisotopic (exact) mass is 497 g/mol. The number of aromatic nitrogens is 3. The molecule has 0 spiro atoms. The number of aliphatic imine (C=N–C) groups is 1. The van der Waals surface area contributed by atoms with Crippen LogP contribution in [0.3, 0.4) is 0 Å². The second kappa shape index (κ2) is 10.8. The van der Waals surface area contributed by atoms with Crippen LogP contribution in [0.4, 0.5) is 0 Å². The number of guanidine groups is 1. The van der Waals surface area contributed by atoms with Gasteiger partial charge >= 0.3 is 0 Å². The zero-order chi connectivity index (χ0) is 19.2. The Hall–Kier alpha value is -1.68. The van der Waals surface area contributed by atoms with Gasteiger partial charge in [-0.3, -0.25) is 4.90 Å². The van der Waals surface area contributed by atoms with Crippen molar-refractivity contribution in [3.8, 4) is 5.69 Å². The van der Waals surface area contributed by atoms with E-state index in [4.69, 9.17) is 4.99 Å². The van der Waals surface area contributed by atoms with E-state index >= 15 is 0 Å². The fourth-order valence-corrected chi connectivity index (χ4v) is 3.38. The van der Waals surface area contributed by atoms with Crippen LogP contribution in [0.1, 0.15) is 33.3 Å². The molecule has 0 amide bonds. The number of halogens is 1. The highest BCUT2D eigenvalue weighted by molar-refractivity contribution is 14.0. The fourth-order valence-electron chi connectivity index (χ4n) is 3.38. The van der Waals surface area contributed by atoms with Gasteiger partial charge in [-0.05, 0) is 44.4 Å². The van der Waals surface area contributed by atoms with Crippen LogP contribution in [-0.2, 0) is 6.54 Å². The second-order valence-corrected chi connectivity index (χ2v) is 7.48. The van der Waals surface area contributed by atoms with Crippen molar-refractivity contribution in [3.63, 3.8) is 0 Å². The first-order chi connectivity index (χ1) is 13.1. The fraction of sp³-hybridized carbons (Fsp3) is 0.550. The van der Waals surface area contributed by atoms with E-state index in [2.05, 4.69) is 65.4 Å². The Kier molecular flexibility index (Phi) is 8.68. The van der Waals surface area contributed by atoms with E-state index in [1.54, 1.807) is 11.0 Å². The van der Waals surface area contributed by atoms with E-state index in [1.165, 1.54) is 11.9 Å². The van der Waals surface area contributed by atoms with E-state index < -0.39 is 0 Å². The average Bonchev–Trinajstić information content (AvgIpc) is 3.31. The van der Waals surface area contributed by atoms with Crippen LogP contribution >= 0.6 is 24.0 Å². The minimum absolute atomic E-state index is 0. The molecule has 2 atom stereocenters. The largest absolute Gasteiger partial charge is 0.357 e. The standard InChI is InChI=1S/C20H31N7.HI/c1-5-22-20(25-19-12-26(15(2)3)11-16(19)4)23-10-17-6-8-18(9-7-17)27-14-21-13-24-27;/h6-9,13-16,19H,5,10-12H2,1-4H3,(H2,22,23,25);1H. The summed E-state index contributed by atoms with van der Waals surface area (Å²) in [5, 5.41) is 11.2. The van der Waals surface area contributed by atoms with Crippen LogP contribution in [0, 0.1) is 5.92 Å². The van der Waals surface area contributed by atoms with Gasteiger partial charge in [0.15, 0.2) is 5.96 Å². The lowest BCUT2D eigenvalue weighted by Gasteiger charge is -2.22. The summed E-state index contributed by atoms with van der Waals surface area (Å²) in [6.45, 7) is 12.6. The number of hydrogen-bond acceptors (Lipinski definition) is 4. The zero-order valence-corrected chi connectivity index (χ0v) is 19.5. The Morgan fingerprint density at radius 1 is 1.25 bits per heavy atom. The van der Waals surface area contributed by atoms with Crippen LogP contribution in [0.2, 0.25) is 0 Å². The van der Waals surface area contributed by atoms with Crippen LogP contribution in [0.5, 0.6) is 0 Å². The molecule has 1 aromatic carbocycles. The maximum atomic E-state index is 4.79. The molecule has 7 nitrogen and oxygen atoms in total. The predicted molar refractivity (Wildman–Crippen MR) is 124 cm³/mol. The number of nitrogens with zero attached hydrogens (tertiary/aromatic N) is 5. The van der Waals surface area contributed by atoms with Crippen molar-refractivity contribution in [1.29, 1.82) is 0 Å². The summed E-state index contributed by atoms with van der Waals surface area (Å²) in [7, 11) is 0. The summed E-state index contributed by atoms with van der Waals surface area (Å²) in [5.41, 5.74) is 2.16. The van der Waals surface area contributed by atoms with Crippen molar-refractivity contribution in [2.45, 2.75) is 46.3 Å².